The molecule has 0 spiro atoms. The summed E-state index contributed by atoms with van der Waals surface area (Å²) in [5, 5.41) is 4.37. The highest BCUT2D eigenvalue weighted by molar-refractivity contribution is 7.92. The minimum Gasteiger partial charge on any atom is -0.497 e. The summed E-state index contributed by atoms with van der Waals surface area (Å²) < 4.78 is 61.3. The van der Waals surface area contributed by atoms with Gasteiger partial charge < -0.3 is 4.74 Å². The van der Waals surface area contributed by atoms with Gasteiger partial charge in [-0.1, -0.05) is 12.1 Å². The first-order valence-electron chi connectivity index (χ1n) is 8.36. The number of sulfonamides is 1. The van der Waals surface area contributed by atoms with Gasteiger partial charge in [-0.3, -0.25) is 9.40 Å². The van der Waals surface area contributed by atoms with Crippen molar-refractivity contribution in [2.75, 3.05) is 11.8 Å². The first-order chi connectivity index (χ1) is 13.2. The van der Waals surface area contributed by atoms with Gasteiger partial charge in [-0.2, -0.15) is 5.10 Å². The first-order valence-corrected chi connectivity index (χ1v) is 9.84. The SMILES string of the molecule is COc1cccc(Cn2nc(C)c(NS(=O)(=O)c3ccc(F)cc3F)c2C)c1. The van der Waals surface area contributed by atoms with Crippen LogP contribution < -0.4 is 9.46 Å². The second kappa shape index (κ2) is 7.59. The highest BCUT2D eigenvalue weighted by atomic mass is 32.2. The summed E-state index contributed by atoms with van der Waals surface area (Å²) in [5.41, 5.74) is 2.17. The number of rotatable bonds is 6. The zero-order valence-corrected chi connectivity index (χ0v) is 16.3. The largest absolute Gasteiger partial charge is 0.497 e. The number of benzene rings is 2. The lowest BCUT2D eigenvalue weighted by atomic mass is 10.2. The van der Waals surface area contributed by atoms with Crippen LogP contribution in [0.15, 0.2) is 47.4 Å². The minimum absolute atomic E-state index is 0.256. The Morgan fingerprint density at radius 2 is 1.89 bits per heavy atom. The quantitative estimate of drug-likeness (QED) is 0.677. The van der Waals surface area contributed by atoms with Crippen molar-refractivity contribution in [2.24, 2.45) is 0 Å². The van der Waals surface area contributed by atoms with Crippen LogP contribution in [0, 0.1) is 25.5 Å². The van der Waals surface area contributed by atoms with Crippen LogP contribution in [0.25, 0.3) is 0 Å². The zero-order valence-electron chi connectivity index (χ0n) is 15.5. The molecule has 1 heterocycles. The molecule has 0 aliphatic carbocycles. The van der Waals surface area contributed by atoms with Crippen molar-refractivity contribution in [3.63, 3.8) is 0 Å². The Labute approximate surface area is 161 Å². The molecular weight excluding hydrogens is 388 g/mol. The number of nitrogens with zero attached hydrogens (tertiary/aromatic N) is 2. The van der Waals surface area contributed by atoms with Gasteiger partial charge in [-0.15, -0.1) is 0 Å². The Bertz CT molecular complexity index is 1130. The number of halogens is 2. The fraction of sp³-hybridized carbons (Fsp3) is 0.211. The van der Waals surface area contributed by atoms with E-state index in [1.54, 1.807) is 25.6 Å². The second-order valence-electron chi connectivity index (χ2n) is 6.24. The topological polar surface area (TPSA) is 73.2 Å². The average Bonchev–Trinajstić information content (AvgIpc) is 2.88. The van der Waals surface area contributed by atoms with Gasteiger partial charge in [0.25, 0.3) is 10.0 Å². The molecule has 0 saturated carbocycles. The minimum atomic E-state index is -4.24. The molecule has 148 valence electrons. The fourth-order valence-corrected chi connectivity index (χ4v) is 4.06. The number of anilines is 1. The van der Waals surface area contributed by atoms with Crippen molar-refractivity contribution < 1.29 is 21.9 Å². The summed E-state index contributed by atoms with van der Waals surface area (Å²) in [7, 11) is -2.67. The molecule has 1 N–H and O–H groups in total. The Morgan fingerprint density at radius 3 is 2.57 bits per heavy atom. The number of aryl methyl sites for hydroxylation is 1. The number of ether oxygens (including phenoxy) is 1. The molecule has 1 aromatic heterocycles. The number of hydrogen-bond acceptors (Lipinski definition) is 4. The van der Waals surface area contributed by atoms with E-state index in [9.17, 15) is 17.2 Å². The van der Waals surface area contributed by atoms with Gasteiger partial charge in [0.2, 0.25) is 0 Å². The van der Waals surface area contributed by atoms with Crippen molar-refractivity contribution in [1.82, 2.24) is 9.78 Å². The molecule has 0 fully saturated rings. The van der Waals surface area contributed by atoms with Gasteiger partial charge >= 0.3 is 0 Å². The van der Waals surface area contributed by atoms with Crippen molar-refractivity contribution in [3.8, 4) is 5.75 Å². The molecular formula is C19H19F2N3O3S. The predicted molar refractivity (Wildman–Crippen MR) is 101 cm³/mol. The molecule has 2 aromatic carbocycles. The summed E-state index contributed by atoms with van der Waals surface area (Å²) in [6, 6.07) is 9.73. The van der Waals surface area contributed by atoms with Gasteiger partial charge in [0.05, 0.1) is 30.7 Å². The van der Waals surface area contributed by atoms with Crippen LogP contribution in [0.2, 0.25) is 0 Å². The monoisotopic (exact) mass is 407 g/mol. The van der Waals surface area contributed by atoms with E-state index < -0.39 is 26.6 Å². The molecule has 28 heavy (non-hydrogen) atoms. The van der Waals surface area contributed by atoms with E-state index in [0.717, 1.165) is 17.7 Å². The van der Waals surface area contributed by atoms with E-state index in [1.165, 1.54) is 0 Å². The molecule has 0 amide bonds. The van der Waals surface area contributed by atoms with E-state index in [-0.39, 0.29) is 5.69 Å². The summed E-state index contributed by atoms with van der Waals surface area (Å²) in [6.45, 7) is 3.75. The fourth-order valence-electron chi connectivity index (χ4n) is 2.82. The first kappa shape index (κ1) is 19.8. The number of methoxy groups -OCH3 is 1. The summed E-state index contributed by atoms with van der Waals surface area (Å²) in [4.78, 5) is -0.631. The smallest absolute Gasteiger partial charge is 0.264 e. The lowest BCUT2D eigenvalue weighted by molar-refractivity contribution is 0.414. The molecule has 3 aromatic rings. The Hall–Kier alpha value is -2.94. The third kappa shape index (κ3) is 3.99. The highest BCUT2D eigenvalue weighted by Gasteiger charge is 2.23. The highest BCUT2D eigenvalue weighted by Crippen LogP contribution is 2.26. The molecule has 0 saturated heterocycles. The van der Waals surface area contributed by atoms with Crippen molar-refractivity contribution in [2.45, 2.75) is 25.3 Å². The number of hydrogen-bond donors (Lipinski definition) is 1. The maximum Gasteiger partial charge on any atom is 0.264 e. The maximum atomic E-state index is 13.9. The van der Waals surface area contributed by atoms with Crippen LogP contribution in [0.1, 0.15) is 17.0 Å². The normalized spacial score (nSPS) is 11.5. The summed E-state index contributed by atoms with van der Waals surface area (Å²) >= 11 is 0. The van der Waals surface area contributed by atoms with Crippen LogP contribution in [-0.2, 0) is 16.6 Å². The standard InChI is InChI=1S/C19H19F2N3O3S/c1-12-19(23-28(25,26)18-8-7-15(20)10-17(18)21)13(2)24(22-12)11-14-5-4-6-16(9-14)27-3/h4-10,23H,11H2,1-3H3. The summed E-state index contributed by atoms with van der Waals surface area (Å²) in [6.07, 6.45) is 0. The molecule has 0 atom stereocenters. The van der Waals surface area contributed by atoms with Crippen molar-refractivity contribution in [3.05, 3.63) is 71.1 Å². The van der Waals surface area contributed by atoms with Crippen LogP contribution in [-0.4, -0.2) is 25.3 Å². The predicted octanol–water partition coefficient (Wildman–Crippen LogP) is 3.64. The van der Waals surface area contributed by atoms with Crippen LogP contribution in [0.5, 0.6) is 5.75 Å². The Morgan fingerprint density at radius 1 is 1.14 bits per heavy atom. The molecule has 0 bridgehead atoms. The lowest BCUT2D eigenvalue weighted by Gasteiger charge is -2.10. The van der Waals surface area contributed by atoms with E-state index >= 15 is 0 Å². The van der Waals surface area contributed by atoms with Gasteiger partial charge in [0.1, 0.15) is 22.3 Å². The van der Waals surface area contributed by atoms with E-state index in [0.29, 0.717) is 29.7 Å². The van der Waals surface area contributed by atoms with E-state index in [2.05, 4.69) is 9.82 Å². The Kier molecular flexibility index (Phi) is 5.37. The van der Waals surface area contributed by atoms with Crippen molar-refractivity contribution >= 4 is 15.7 Å². The Balaban J connectivity index is 1.91. The molecule has 0 unspecified atom stereocenters. The zero-order chi connectivity index (χ0) is 20.5. The lowest BCUT2D eigenvalue weighted by Crippen LogP contribution is -2.16. The van der Waals surface area contributed by atoms with Gasteiger partial charge in [0, 0.05) is 6.07 Å². The van der Waals surface area contributed by atoms with Crippen molar-refractivity contribution in [1.29, 1.82) is 0 Å². The molecule has 0 aliphatic rings. The molecule has 3 rings (SSSR count). The van der Waals surface area contributed by atoms with Gasteiger partial charge in [0.15, 0.2) is 0 Å². The van der Waals surface area contributed by atoms with E-state index in [4.69, 9.17) is 4.74 Å². The van der Waals surface area contributed by atoms with Crippen LogP contribution in [0.4, 0.5) is 14.5 Å². The van der Waals surface area contributed by atoms with E-state index in [1.807, 2.05) is 24.3 Å². The summed E-state index contributed by atoms with van der Waals surface area (Å²) in [5.74, 6) is -1.31. The van der Waals surface area contributed by atoms with Crippen LogP contribution in [0.3, 0.4) is 0 Å². The number of aromatic nitrogens is 2. The molecule has 0 radical (unpaired) electrons. The molecule has 0 aliphatic heterocycles. The van der Waals surface area contributed by atoms with Gasteiger partial charge in [-0.25, -0.2) is 17.2 Å². The molecule has 9 heteroatoms. The second-order valence-corrected chi connectivity index (χ2v) is 7.89. The number of nitrogens with one attached hydrogen (secondary N) is 1. The molecule has 6 nitrogen and oxygen atoms in total. The van der Waals surface area contributed by atoms with Crippen LogP contribution >= 0.6 is 0 Å². The third-order valence-corrected chi connectivity index (χ3v) is 5.65. The maximum absolute atomic E-state index is 13.9. The van der Waals surface area contributed by atoms with Gasteiger partial charge in [-0.05, 0) is 43.7 Å². The average molecular weight is 407 g/mol. The third-order valence-electron chi connectivity index (χ3n) is 4.27.